The molecule has 1 amide bonds. The van der Waals surface area contributed by atoms with Gasteiger partial charge in [0.2, 0.25) is 0 Å². The van der Waals surface area contributed by atoms with Crippen LogP contribution >= 0.6 is 11.3 Å². The number of carbonyl (C=O) groups is 1. The van der Waals surface area contributed by atoms with Crippen LogP contribution in [0.2, 0.25) is 0 Å². The van der Waals surface area contributed by atoms with Crippen molar-refractivity contribution < 1.29 is 9.53 Å². The van der Waals surface area contributed by atoms with E-state index in [-0.39, 0.29) is 11.9 Å². The SMILES string of the molecule is O=C(Nc1cnn([C@H]2CCOC2)c1)c1cccs1. The minimum Gasteiger partial charge on any atom is -0.379 e. The molecule has 18 heavy (non-hydrogen) atoms. The van der Waals surface area contributed by atoms with Gasteiger partial charge in [0.05, 0.1) is 29.4 Å². The third-order valence-electron chi connectivity index (χ3n) is 2.88. The van der Waals surface area contributed by atoms with Gasteiger partial charge in [-0.2, -0.15) is 5.10 Å². The molecular weight excluding hydrogens is 250 g/mol. The number of aromatic nitrogens is 2. The molecule has 94 valence electrons. The normalized spacial score (nSPS) is 19.0. The molecule has 0 aromatic carbocycles. The molecule has 0 saturated carbocycles. The molecule has 3 rings (SSSR count). The van der Waals surface area contributed by atoms with Crippen LogP contribution in [0, 0.1) is 0 Å². The smallest absolute Gasteiger partial charge is 0.265 e. The largest absolute Gasteiger partial charge is 0.379 e. The van der Waals surface area contributed by atoms with Crippen molar-refractivity contribution in [1.29, 1.82) is 0 Å². The lowest BCUT2D eigenvalue weighted by atomic mass is 10.3. The van der Waals surface area contributed by atoms with Crippen molar-refractivity contribution >= 4 is 22.9 Å². The summed E-state index contributed by atoms with van der Waals surface area (Å²) in [7, 11) is 0. The zero-order valence-corrected chi connectivity index (χ0v) is 10.5. The number of hydrogen-bond acceptors (Lipinski definition) is 4. The topological polar surface area (TPSA) is 56.2 Å². The van der Waals surface area contributed by atoms with E-state index < -0.39 is 0 Å². The van der Waals surface area contributed by atoms with Crippen LogP contribution in [0.15, 0.2) is 29.9 Å². The summed E-state index contributed by atoms with van der Waals surface area (Å²) in [6.07, 6.45) is 4.49. The molecule has 3 heterocycles. The molecule has 1 N–H and O–H groups in total. The molecule has 1 atom stereocenters. The number of thiophene rings is 1. The van der Waals surface area contributed by atoms with Crippen molar-refractivity contribution in [2.24, 2.45) is 0 Å². The Morgan fingerprint density at radius 2 is 2.56 bits per heavy atom. The highest BCUT2D eigenvalue weighted by Gasteiger charge is 2.18. The Labute approximate surface area is 108 Å². The van der Waals surface area contributed by atoms with E-state index in [2.05, 4.69) is 10.4 Å². The van der Waals surface area contributed by atoms with Gasteiger partial charge in [-0.05, 0) is 17.9 Å². The summed E-state index contributed by atoms with van der Waals surface area (Å²) in [6.45, 7) is 1.47. The lowest BCUT2D eigenvalue weighted by Crippen LogP contribution is -2.10. The summed E-state index contributed by atoms with van der Waals surface area (Å²) in [5, 5.41) is 8.98. The van der Waals surface area contributed by atoms with E-state index in [0.717, 1.165) is 18.7 Å². The van der Waals surface area contributed by atoms with Gasteiger partial charge in [-0.25, -0.2) is 0 Å². The quantitative estimate of drug-likeness (QED) is 0.923. The van der Waals surface area contributed by atoms with Crippen LogP contribution in [0.5, 0.6) is 0 Å². The maximum absolute atomic E-state index is 11.8. The zero-order valence-electron chi connectivity index (χ0n) is 9.70. The second-order valence-electron chi connectivity index (χ2n) is 4.16. The van der Waals surface area contributed by atoms with E-state index in [9.17, 15) is 4.79 Å². The number of carbonyl (C=O) groups excluding carboxylic acids is 1. The lowest BCUT2D eigenvalue weighted by Gasteiger charge is -2.06. The predicted octanol–water partition coefficient (Wildman–Crippen LogP) is 2.16. The monoisotopic (exact) mass is 263 g/mol. The first-order valence-corrected chi connectivity index (χ1v) is 6.67. The van der Waals surface area contributed by atoms with Gasteiger partial charge in [-0.1, -0.05) is 6.07 Å². The second kappa shape index (κ2) is 4.91. The fraction of sp³-hybridized carbons (Fsp3) is 0.333. The number of nitrogens with one attached hydrogen (secondary N) is 1. The molecule has 0 radical (unpaired) electrons. The van der Waals surface area contributed by atoms with Gasteiger partial charge in [0, 0.05) is 12.8 Å². The highest BCUT2D eigenvalue weighted by atomic mass is 32.1. The van der Waals surface area contributed by atoms with Crippen molar-refractivity contribution in [3.05, 3.63) is 34.8 Å². The van der Waals surface area contributed by atoms with Crippen molar-refractivity contribution in [3.8, 4) is 0 Å². The maximum atomic E-state index is 11.8. The van der Waals surface area contributed by atoms with E-state index in [1.165, 1.54) is 11.3 Å². The zero-order chi connectivity index (χ0) is 12.4. The average Bonchev–Trinajstić information content (AvgIpc) is 3.12. The van der Waals surface area contributed by atoms with Gasteiger partial charge < -0.3 is 10.1 Å². The molecular formula is C12H13N3O2S. The van der Waals surface area contributed by atoms with Gasteiger partial charge in [0.1, 0.15) is 0 Å². The number of rotatable bonds is 3. The second-order valence-corrected chi connectivity index (χ2v) is 5.11. The Morgan fingerprint density at radius 3 is 3.28 bits per heavy atom. The lowest BCUT2D eigenvalue weighted by molar-refractivity contribution is 0.103. The van der Waals surface area contributed by atoms with Crippen molar-refractivity contribution in [2.45, 2.75) is 12.5 Å². The van der Waals surface area contributed by atoms with Crippen LogP contribution in [-0.4, -0.2) is 28.9 Å². The molecule has 1 aliphatic heterocycles. The molecule has 1 saturated heterocycles. The van der Waals surface area contributed by atoms with Crippen LogP contribution in [-0.2, 0) is 4.74 Å². The van der Waals surface area contributed by atoms with Crippen molar-refractivity contribution in [3.63, 3.8) is 0 Å². The molecule has 0 aliphatic carbocycles. The van der Waals surface area contributed by atoms with Crippen molar-refractivity contribution in [1.82, 2.24) is 9.78 Å². The summed E-state index contributed by atoms with van der Waals surface area (Å²) in [4.78, 5) is 12.5. The number of nitrogens with zero attached hydrogens (tertiary/aromatic N) is 2. The summed E-state index contributed by atoms with van der Waals surface area (Å²) in [6, 6.07) is 3.95. The molecule has 1 fully saturated rings. The molecule has 1 aliphatic rings. The first-order chi connectivity index (χ1) is 8.83. The number of anilines is 1. The van der Waals surface area contributed by atoms with Crippen LogP contribution in [0.25, 0.3) is 0 Å². The van der Waals surface area contributed by atoms with E-state index >= 15 is 0 Å². The van der Waals surface area contributed by atoms with Crippen LogP contribution in [0.4, 0.5) is 5.69 Å². The molecule has 6 heteroatoms. The molecule has 5 nitrogen and oxygen atoms in total. The third kappa shape index (κ3) is 2.30. The highest BCUT2D eigenvalue weighted by Crippen LogP contribution is 2.20. The van der Waals surface area contributed by atoms with Gasteiger partial charge in [0.25, 0.3) is 5.91 Å². The van der Waals surface area contributed by atoms with Gasteiger partial charge >= 0.3 is 0 Å². The Balaban J connectivity index is 1.68. The van der Waals surface area contributed by atoms with Crippen LogP contribution < -0.4 is 5.32 Å². The number of hydrogen-bond donors (Lipinski definition) is 1. The first-order valence-electron chi connectivity index (χ1n) is 5.80. The summed E-state index contributed by atoms with van der Waals surface area (Å²) < 4.78 is 7.17. The van der Waals surface area contributed by atoms with E-state index in [4.69, 9.17) is 4.74 Å². The van der Waals surface area contributed by atoms with E-state index in [0.29, 0.717) is 11.5 Å². The fourth-order valence-electron chi connectivity index (χ4n) is 1.93. The van der Waals surface area contributed by atoms with Gasteiger partial charge in [-0.3, -0.25) is 9.48 Å². The van der Waals surface area contributed by atoms with Gasteiger partial charge in [-0.15, -0.1) is 11.3 Å². The molecule has 0 spiro atoms. The molecule has 0 unspecified atom stereocenters. The Hall–Kier alpha value is -1.66. The standard InChI is InChI=1S/C12H13N3O2S/c16-12(11-2-1-5-18-11)14-9-6-13-15(7-9)10-3-4-17-8-10/h1-2,5-7,10H,3-4,8H2,(H,14,16)/t10-/m0/s1. The fourth-order valence-corrected chi connectivity index (χ4v) is 2.55. The van der Waals surface area contributed by atoms with E-state index in [1.54, 1.807) is 12.3 Å². The summed E-state index contributed by atoms with van der Waals surface area (Å²) in [5.41, 5.74) is 0.723. The van der Waals surface area contributed by atoms with Crippen molar-refractivity contribution in [2.75, 3.05) is 18.5 Å². The number of ether oxygens (including phenoxy) is 1. The number of amides is 1. The average molecular weight is 263 g/mol. The minimum atomic E-state index is -0.0905. The van der Waals surface area contributed by atoms with E-state index in [1.807, 2.05) is 22.3 Å². The van der Waals surface area contributed by atoms with Gasteiger partial charge in [0.15, 0.2) is 0 Å². The molecule has 2 aromatic heterocycles. The summed E-state index contributed by atoms with van der Waals surface area (Å²) >= 11 is 1.42. The Kier molecular flexibility index (Phi) is 3.12. The predicted molar refractivity (Wildman–Crippen MR) is 69.0 cm³/mol. The summed E-state index contributed by atoms with van der Waals surface area (Å²) in [5.74, 6) is -0.0905. The Morgan fingerprint density at radius 1 is 1.61 bits per heavy atom. The minimum absolute atomic E-state index is 0.0905. The molecule has 2 aromatic rings. The van der Waals surface area contributed by atoms with Crippen LogP contribution in [0.1, 0.15) is 22.1 Å². The molecule has 0 bridgehead atoms. The highest BCUT2D eigenvalue weighted by molar-refractivity contribution is 7.12. The Bertz CT molecular complexity index is 529. The first kappa shape index (κ1) is 11.4. The maximum Gasteiger partial charge on any atom is 0.265 e. The van der Waals surface area contributed by atoms with Crippen LogP contribution in [0.3, 0.4) is 0 Å². The third-order valence-corrected chi connectivity index (χ3v) is 3.75.